The molecule has 0 unspecified atom stereocenters. The molecule has 22 heavy (non-hydrogen) atoms. The second kappa shape index (κ2) is 6.35. The first-order valence-corrected chi connectivity index (χ1v) is 9.70. The summed E-state index contributed by atoms with van der Waals surface area (Å²) in [7, 11) is 0. The third-order valence-electron chi connectivity index (χ3n) is 4.01. The summed E-state index contributed by atoms with van der Waals surface area (Å²) >= 11 is 1.05. The van der Waals surface area contributed by atoms with Crippen molar-refractivity contribution in [2.45, 2.75) is 52.4 Å². The molecule has 112 valence electrons. The summed E-state index contributed by atoms with van der Waals surface area (Å²) in [6.45, 7) is 13.8. The summed E-state index contributed by atoms with van der Waals surface area (Å²) in [5, 5.41) is 0. The van der Waals surface area contributed by atoms with Gasteiger partial charge in [0.25, 0.3) is 0 Å². The zero-order valence-electron chi connectivity index (χ0n) is 14.6. The average molecular weight is 457 g/mol. The average Bonchev–Trinajstić information content (AvgIpc) is 2.45. The Bertz CT molecular complexity index is 622. The predicted molar refractivity (Wildman–Crippen MR) is 93.5 cm³/mol. The van der Waals surface area contributed by atoms with Crippen LogP contribution in [0, 0.1) is 0 Å². The van der Waals surface area contributed by atoms with Crippen LogP contribution in [0.4, 0.5) is 0 Å². The Kier molecular flexibility index (Phi) is 5.06. The standard InChI is InChI=1S/C21H26.Hf/c1-20(2,3)18-13-9-7-11-16(18)15-17-12-8-10-14-19(17)21(4,5)6;/h7-14H,1-6H3;/q;+2. The fourth-order valence-electron chi connectivity index (χ4n) is 2.86. The second-order valence-corrected chi connectivity index (χ2v) is 9.76. The van der Waals surface area contributed by atoms with Crippen LogP contribution in [-0.4, -0.2) is 3.26 Å². The van der Waals surface area contributed by atoms with Gasteiger partial charge in [-0.1, -0.05) is 0 Å². The molecule has 0 atom stereocenters. The zero-order chi connectivity index (χ0) is 16.5. The number of hydrogen-bond acceptors (Lipinski definition) is 0. The van der Waals surface area contributed by atoms with Gasteiger partial charge in [0, 0.05) is 0 Å². The van der Waals surface area contributed by atoms with E-state index in [0.29, 0.717) is 0 Å². The quantitative estimate of drug-likeness (QED) is 0.531. The van der Waals surface area contributed by atoms with Crippen molar-refractivity contribution in [1.82, 2.24) is 0 Å². The van der Waals surface area contributed by atoms with Crippen LogP contribution >= 0.6 is 0 Å². The molecule has 0 saturated carbocycles. The maximum atomic E-state index is 2.30. The van der Waals surface area contributed by atoms with Crippen LogP contribution in [0.15, 0.2) is 48.5 Å². The van der Waals surface area contributed by atoms with E-state index in [-0.39, 0.29) is 10.8 Å². The van der Waals surface area contributed by atoms with E-state index in [2.05, 4.69) is 90.1 Å². The van der Waals surface area contributed by atoms with Crippen LogP contribution in [-0.2, 0) is 34.7 Å². The molecular weight excluding hydrogens is 431 g/mol. The summed E-state index contributed by atoms with van der Waals surface area (Å²) < 4.78 is 1.51. The molecule has 0 aliphatic heterocycles. The normalized spacial score (nSPS) is 12.4. The van der Waals surface area contributed by atoms with Crippen molar-refractivity contribution >= 4 is 3.26 Å². The Labute approximate surface area is 150 Å². The molecule has 2 rings (SSSR count). The van der Waals surface area contributed by atoms with Gasteiger partial charge in [0.05, 0.1) is 0 Å². The molecule has 1 heteroatoms. The van der Waals surface area contributed by atoms with E-state index in [1.54, 1.807) is 0 Å². The molecule has 0 heterocycles. The molecule has 0 saturated heterocycles. The summed E-state index contributed by atoms with van der Waals surface area (Å²) in [4.78, 5) is 0. The summed E-state index contributed by atoms with van der Waals surface area (Å²) in [6, 6.07) is 17.8. The van der Waals surface area contributed by atoms with Crippen LogP contribution < -0.4 is 0 Å². The van der Waals surface area contributed by atoms with E-state index in [4.69, 9.17) is 0 Å². The van der Waals surface area contributed by atoms with Gasteiger partial charge >= 0.3 is 150 Å². The molecule has 0 amide bonds. The van der Waals surface area contributed by atoms with Gasteiger partial charge in [-0.3, -0.25) is 0 Å². The first-order chi connectivity index (χ1) is 10.1. The van der Waals surface area contributed by atoms with Gasteiger partial charge in [-0.2, -0.15) is 0 Å². The van der Waals surface area contributed by atoms with E-state index in [1.807, 2.05) is 0 Å². The summed E-state index contributed by atoms with van der Waals surface area (Å²) in [5.41, 5.74) is 6.09. The molecule has 0 radical (unpaired) electrons. The monoisotopic (exact) mass is 458 g/mol. The van der Waals surface area contributed by atoms with E-state index >= 15 is 0 Å². The molecule has 0 aliphatic rings. The van der Waals surface area contributed by atoms with Gasteiger partial charge in [0.2, 0.25) is 0 Å². The van der Waals surface area contributed by atoms with E-state index in [0.717, 1.165) is 23.9 Å². The topological polar surface area (TPSA) is 0 Å². The van der Waals surface area contributed by atoms with Gasteiger partial charge in [0.1, 0.15) is 0 Å². The third kappa shape index (κ3) is 3.74. The molecule has 0 bridgehead atoms. The predicted octanol–water partition coefficient (Wildman–Crippen LogP) is 5.40. The van der Waals surface area contributed by atoms with Crippen LogP contribution in [0.2, 0.25) is 0 Å². The van der Waals surface area contributed by atoms with Crippen molar-refractivity contribution in [2.24, 2.45) is 0 Å². The van der Waals surface area contributed by atoms with E-state index < -0.39 is 0 Å². The molecule has 0 spiro atoms. The molecule has 0 aliphatic carbocycles. The van der Waals surface area contributed by atoms with Gasteiger partial charge in [0.15, 0.2) is 0 Å². The fraction of sp³-hybridized carbons (Fsp3) is 0.381. The number of rotatable bonds is 2. The van der Waals surface area contributed by atoms with E-state index in [9.17, 15) is 0 Å². The van der Waals surface area contributed by atoms with Crippen molar-refractivity contribution in [3.63, 3.8) is 0 Å². The summed E-state index contributed by atoms with van der Waals surface area (Å²) in [5.74, 6) is 0. The van der Waals surface area contributed by atoms with Crippen LogP contribution in [0.25, 0.3) is 0 Å². The molecule has 0 fully saturated rings. The number of hydrogen-bond donors (Lipinski definition) is 0. The Morgan fingerprint density at radius 1 is 0.636 bits per heavy atom. The molecular formula is C21H26Hf+2. The van der Waals surface area contributed by atoms with Gasteiger partial charge in [-0.15, -0.1) is 0 Å². The molecule has 0 aromatic heterocycles. The SMILES string of the molecule is CC(C)(C)c1ccccc1[C](=[Hf+2])c1ccccc1C(C)(C)C. The van der Waals surface area contributed by atoms with Gasteiger partial charge in [-0.25, -0.2) is 0 Å². The Morgan fingerprint density at radius 2 is 0.955 bits per heavy atom. The Hall–Kier alpha value is -0.820. The number of benzene rings is 2. The van der Waals surface area contributed by atoms with Crippen molar-refractivity contribution in [2.75, 3.05) is 0 Å². The second-order valence-electron chi connectivity index (χ2n) is 7.97. The molecule has 0 N–H and O–H groups in total. The molecule has 0 nitrogen and oxygen atoms in total. The first kappa shape index (κ1) is 17.5. The van der Waals surface area contributed by atoms with Crippen molar-refractivity contribution in [1.29, 1.82) is 0 Å². The maximum absolute atomic E-state index is 2.30. The molecule has 2 aromatic rings. The van der Waals surface area contributed by atoms with Crippen molar-refractivity contribution in [3.8, 4) is 0 Å². The zero-order valence-corrected chi connectivity index (χ0v) is 18.2. The van der Waals surface area contributed by atoms with Crippen molar-refractivity contribution < 1.29 is 23.9 Å². The molecule has 2 aromatic carbocycles. The minimum atomic E-state index is 0.170. The fourth-order valence-corrected chi connectivity index (χ4v) is 4.42. The van der Waals surface area contributed by atoms with Crippen LogP contribution in [0.5, 0.6) is 0 Å². The van der Waals surface area contributed by atoms with Gasteiger partial charge < -0.3 is 0 Å². The van der Waals surface area contributed by atoms with E-state index in [1.165, 1.54) is 25.5 Å². The Morgan fingerprint density at radius 3 is 1.27 bits per heavy atom. The summed E-state index contributed by atoms with van der Waals surface area (Å²) in [6.07, 6.45) is 0. The van der Waals surface area contributed by atoms with Crippen molar-refractivity contribution in [3.05, 3.63) is 70.8 Å². The minimum absolute atomic E-state index is 0.170. The van der Waals surface area contributed by atoms with Crippen LogP contribution in [0.1, 0.15) is 63.8 Å². The van der Waals surface area contributed by atoms with Crippen LogP contribution in [0.3, 0.4) is 0 Å². The third-order valence-corrected chi connectivity index (χ3v) is 5.94. The Balaban J connectivity index is 2.61. The first-order valence-electron chi connectivity index (χ1n) is 7.90. The van der Waals surface area contributed by atoms with Gasteiger partial charge in [-0.05, 0) is 0 Å².